The summed E-state index contributed by atoms with van der Waals surface area (Å²) < 4.78 is 0. The van der Waals surface area contributed by atoms with E-state index in [9.17, 15) is 4.79 Å². The van der Waals surface area contributed by atoms with Crippen LogP contribution in [0, 0.1) is 0 Å². The summed E-state index contributed by atoms with van der Waals surface area (Å²) in [5.74, 6) is 1.55. The lowest BCUT2D eigenvalue weighted by Crippen LogP contribution is -2.42. The number of nitrogens with one attached hydrogen (secondary N) is 1. The third-order valence-electron chi connectivity index (χ3n) is 3.91. The molecule has 0 aromatic heterocycles. The maximum Gasteiger partial charge on any atom is 0.231 e. The molecule has 1 aliphatic heterocycles. The molecule has 1 amide bonds. The fourth-order valence-electron chi connectivity index (χ4n) is 2.94. The van der Waals surface area contributed by atoms with Crippen molar-refractivity contribution in [3.05, 3.63) is 35.9 Å². The summed E-state index contributed by atoms with van der Waals surface area (Å²) in [6, 6.07) is 10.8. The summed E-state index contributed by atoms with van der Waals surface area (Å²) in [6.07, 6.45) is 4.61. The summed E-state index contributed by atoms with van der Waals surface area (Å²) in [6.45, 7) is 0. The summed E-state index contributed by atoms with van der Waals surface area (Å²) in [4.78, 5) is 11.4. The van der Waals surface area contributed by atoms with Crippen LogP contribution in [0.2, 0.25) is 0 Å². The first-order valence-electron chi connectivity index (χ1n) is 6.27. The second-order valence-electron chi connectivity index (χ2n) is 5.02. The Hall–Kier alpha value is -0.960. The first-order chi connectivity index (χ1) is 8.27. The van der Waals surface area contributed by atoms with E-state index in [4.69, 9.17) is 0 Å². The van der Waals surface area contributed by atoms with Crippen molar-refractivity contribution < 1.29 is 4.79 Å². The van der Waals surface area contributed by atoms with Crippen LogP contribution in [0.1, 0.15) is 37.2 Å². The fraction of sp³-hybridized carbons (Fsp3) is 0.500. The van der Waals surface area contributed by atoms with E-state index < -0.39 is 0 Å². The molecule has 0 atom stereocenters. The molecule has 1 heterocycles. The quantitative estimate of drug-likeness (QED) is 0.826. The molecule has 3 rings (SSSR count). The van der Waals surface area contributed by atoms with Gasteiger partial charge >= 0.3 is 0 Å². The molecule has 90 valence electrons. The highest BCUT2D eigenvalue weighted by Crippen LogP contribution is 2.45. The number of hydrogen-bond donors (Lipinski definition) is 1. The predicted molar refractivity (Wildman–Crippen MR) is 71.0 cm³/mol. The lowest BCUT2D eigenvalue weighted by atomic mass is 9.81. The van der Waals surface area contributed by atoms with E-state index in [1.807, 2.05) is 11.8 Å². The molecular formula is C14H17NOS. The first-order valence-corrected chi connectivity index (χ1v) is 7.26. The molecule has 0 unspecified atom stereocenters. The molecule has 2 nitrogen and oxygen atoms in total. The Morgan fingerprint density at radius 3 is 2.47 bits per heavy atom. The lowest BCUT2D eigenvalue weighted by Gasteiger charge is -2.36. The molecule has 1 aromatic rings. The highest BCUT2D eigenvalue weighted by molar-refractivity contribution is 8.01. The van der Waals surface area contributed by atoms with Gasteiger partial charge in [-0.15, -0.1) is 11.8 Å². The van der Waals surface area contributed by atoms with Gasteiger partial charge in [-0.1, -0.05) is 30.3 Å². The standard InChI is InChI=1S/C14H17NOS/c16-13-10-17-14(15-13)8-6-12(7-9-14)11-4-2-1-3-5-11/h1-5,12H,6-10H2,(H,15,16). The molecule has 1 aliphatic carbocycles. The van der Waals surface area contributed by atoms with Crippen molar-refractivity contribution in [1.82, 2.24) is 5.32 Å². The van der Waals surface area contributed by atoms with Gasteiger partial charge in [0.25, 0.3) is 0 Å². The zero-order valence-corrected chi connectivity index (χ0v) is 10.6. The Kier molecular flexibility index (Phi) is 2.87. The van der Waals surface area contributed by atoms with Crippen LogP contribution in [0.15, 0.2) is 30.3 Å². The zero-order chi connectivity index (χ0) is 11.7. The summed E-state index contributed by atoms with van der Waals surface area (Å²) in [7, 11) is 0. The number of amides is 1. The van der Waals surface area contributed by atoms with Crippen LogP contribution in [-0.2, 0) is 4.79 Å². The van der Waals surface area contributed by atoms with Gasteiger partial charge in [-0.25, -0.2) is 0 Å². The molecule has 1 spiro atoms. The van der Waals surface area contributed by atoms with Crippen LogP contribution in [0.25, 0.3) is 0 Å². The molecule has 3 heteroatoms. The van der Waals surface area contributed by atoms with Crippen LogP contribution in [0.5, 0.6) is 0 Å². The fourth-order valence-corrected chi connectivity index (χ4v) is 4.13. The molecule has 0 radical (unpaired) electrons. The van der Waals surface area contributed by atoms with Crippen LogP contribution in [0.4, 0.5) is 0 Å². The molecule has 0 bridgehead atoms. The average Bonchev–Trinajstić information content (AvgIpc) is 2.73. The summed E-state index contributed by atoms with van der Waals surface area (Å²) in [5.41, 5.74) is 1.46. The molecule has 1 saturated carbocycles. The second-order valence-corrected chi connectivity index (χ2v) is 6.37. The van der Waals surface area contributed by atoms with Crippen LogP contribution < -0.4 is 5.32 Å². The van der Waals surface area contributed by atoms with Gasteiger partial charge in [0.15, 0.2) is 0 Å². The maximum absolute atomic E-state index is 11.3. The Balaban J connectivity index is 1.67. The average molecular weight is 247 g/mol. The first kappa shape index (κ1) is 11.1. The van der Waals surface area contributed by atoms with E-state index in [-0.39, 0.29) is 10.8 Å². The molecule has 2 aliphatic rings. The van der Waals surface area contributed by atoms with Gasteiger partial charge < -0.3 is 5.32 Å². The second kappa shape index (κ2) is 4.37. The van der Waals surface area contributed by atoms with Gasteiger partial charge in [-0.3, -0.25) is 4.79 Å². The summed E-state index contributed by atoms with van der Waals surface area (Å²) in [5, 5.41) is 3.17. The van der Waals surface area contributed by atoms with Crippen molar-refractivity contribution in [3.8, 4) is 0 Å². The van der Waals surface area contributed by atoms with Crippen molar-refractivity contribution in [2.75, 3.05) is 5.75 Å². The molecule has 2 fully saturated rings. The zero-order valence-electron chi connectivity index (χ0n) is 9.82. The Labute approximate surface area is 106 Å². The van der Waals surface area contributed by atoms with E-state index in [1.54, 1.807) is 0 Å². The largest absolute Gasteiger partial charge is 0.341 e. The molecule has 1 saturated heterocycles. The smallest absolute Gasteiger partial charge is 0.231 e. The maximum atomic E-state index is 11.3. The predicted octanol–water partition coefficient (Wildman–Crippen LogP) is 2.90. The minimum absolute atomic E-state index is 0.0718. The Bertz CT molecular complexity index is 409. The molecule has 17 heavy (non-hydrogen) atoms. The van der Waals surface area contributed by atoms with Gasteiger partial charge in [0.2, 0.25) is 5.91 Å². The Morgan fingerprint density at radius 2 is 1.88 bits per heavy atom. The van der Waals surface area contributed by atoms with Crippen LogP contribution in [-0.4, -0.2) is 16.5 Å². The van der Waals surface area contributed by atoms with Gasteiger partial charge in [0, 0.05) is 0 Å². The van der Waals surface area contributed by atoms with Crippen LogP contribution >= 0.6 is 11.8 Å². The number of carbonyl (C=O) groups is 1. The lowest BCUT2D eigenvalue weighted by molar-refractivity contribution is -0.119. The van der Waals surface area contributed by atoms with Crippen molar-refractivity contribution in [3.63, 3.8) is 0 Å². The van der Waals surface area contributed by atoms with Crippen molar-refractivity contribution in [2.45, 2.75) is 36.5 Å². The van der Waals surface area contributed by atoms with Crippen molar-refractivity contribution >= 4 is 17.7 Å². The van der Waals surface area contributed by atoms with E-state index in [2.05, 4.69) is 35.6 Å². The minimum atomic E-state index is 0.0718. The van der Waals surface area contributed by atoms with Gasteiger partial charge in [-0.05, 0) is 37.2 Å². The molecule has 1 aromatic carbocycles. The highest BCUT2D eigenvalue weighted by Gasteiger charge is 2.41. The number of hydrogen-bond acceptors (Lipinski definition) is 2. The van der Waals surface area contributed by atoms with E-state index in [0.717, 1.165) is 12.8 Å². The minimum Gasteiger partial charge on any atom is -0.341 e. The van der Waals surface area contributed by atoms with Gasteiger partial charge in [0.05, 0.1) is 10.6 Å². The normalized spacial score (nSPS) is 32.7. The van der Waals surface area contributed by atoms with Crippen molar-refractivity contribution in [2.24, 2.45) is 0 Å². The Morgan fingerprint density at radius 1 is 1.18 bits per heavy atom. The molecular weight excluding hydrogens is 230 g/mol. The SMILES string of the molecule is O=C1CSC2(CCC(c3ccccc3)CC2)N1. The van der Waals surface area contributed by atoms with E-state index in [1.165, 1.54) is 18.4 Å². The third kappa shape index (κ3) is 2.21. The number of rotatable bonds is 1. The number of benzene rings is 1. The molecule has 1 N–H and O–H groups in total. The van der Waals surface area contributed by atoms with E-state index in [0.29, 0.717) is 11.7 Å². The number of thioether (sulfide) groups is 1. The van der Waals surface area contributed by atoms with Crippen LogP contribution in [0.3, 0.4) is 0 Å². The third-order valence-corrected chi connectivity index (χ3v) is 5.38. The monoisotopic (exact) mass is 247 g/mol. The number of carbonyl (C=O) groups excluding carboxylic acids is 1. The van der Waals surface area contributed by atoms with Gasteiger partial charge in [0.1, 0.15) is 0 Å². The topological polar surface area (TPSA) is 29.1 Å². The van der Waals surface area contributed by atoms with E-state index >= 15 is 0 Å². The van der Waals surface area contributed by atoms with Gasteiger partial charge in [-0.2, -0.15) is 0 Å². The van der Waals surface area contributed by atoms with Crippen molar-refractivity contribution in [1.29, 1.82) is 0 Å². The highest BCUT2D eigenvalue weighted by atomic mass is 32.2. The summed E-state index contributed by atoms with van der Waals surface area (Å²) >= 11 is 1.81.